The Balaban J connectivity index is 1.59. The number of rotatable bonds is 4. The van der Waals surface area contributed by atoms with E-state index in [1.807, 2.05) is 4.90 Å². The monoisotopic (exact) mass is 259 g/mol. The summed E-state index contributed by atoms with van der Waals surface area (Å²) in [6.45, 7) is 3.20. The number of carbonyl (C=O) groups excluding carboxylic acids is 1. The van der Waals surface area contributed by atoms with Crippen molar-refractivity contribution in [2.45, 2.75) is 25.7 Å². The summed E-state index contributed by atoms with van der Waals surface area (Å²) in [5.41, 5.74) is 4.24. The number of anilines is 1. The van der Waals surface area contributed by atoms with Crippen molar-refractivity contribution >= 4 is 11.7 Å². The largest absolute Gasteiger partial charge is 0.383 e. The number of hydrogen-bond donors (Lipinski definition) is 2. The molecule has 2 N–H and O–H groups in total. The Kier molecular flexibility index (Phi) is 3.58. The summed E-state index contributed by atoms with van der Waals surface area (Å²) >= 11 is 0. The molecular formula is C15H21N3O. The zero-order valence-corrected chi connectivity index (χ0v) is 11.2. The SMILES string of the molecule is O=C1NCCN1CCNc1cccc2c1CCCC2. The molecule has 1 aromatic carbocycles. The maximum Gasteiger partial charge on any atom is 0.317 e. The first-order valence-corrected chi connectivity index (χ1v) is 7.22. The average molecular weight is 259 g/mol. The maximum absolute atomic E-state index is 11.4. The molecule has 2 aliphatic rings. The topological polar surface area (TPSA) is 44.4 Å². The normalized spacial score (nSPS) is 18.1. The van der Waals surface area contributed by atoms with Crippen LogP contribution in [0.4, 0.5) is 10.5 Å². The lowest BCUT2D eigenvalue weighted by Gasteiger charge is -2.21. The van der Waals surface area contributed by atoms with Gasteiger partial charge in [0.2, 0.25) is 0 Å². The molecule has 1 aromatic rings. The van der Waals surface area contributed by atoms with Crippen molar-refractivity contribution in [3.63, 3.8) is 0 Å². The quantitative estimate of drug-likeness (QED) is 0.868. The number of nitrogens with zero attached hydrogens (tertiary/aromatic N) is 1. The molecule has 0 unspecified atom stereocenters. The minimum absolute atomic E-state index is 0.0666. The summed E-state index contributed by atoms with van der Waals surface area (Å²) in [5, 5.41) is 6.33. The van der Waals surface area contributed by atoms with Crippen LogP contribution in [0.1, 0.15) is 24.0 Å². The fraction of sp³-hybridized carbons (Fsp3) is 0.533. The summed E-state index contributed by atoms with van der Waals surface area (Å²) in [5.74, 6) is 0. The van der Waals surface area contributed by atoms with Gasteiger partial charge in [-0.2, -0.15) is 0 Å². The van der Waals surface area contributed by atoms with Gasteiger partial charge in [0.25, 0.3) is 0 Å². The first-order chi connectivity index (χ1) is 9.34. The first kappa shape index (κ1) is 12.3. The van der Waals surface area contributed by atoms with Crippen molar-refractivity contribution in [2.75, 3.05) is 31.5 Å². The molecule has 0 radical (unpaired) electrons. The molecule has 2 amide bonds. The molecule has 1 fully saturated rings. The maximum atomic E-state index is 11.4. The molecule has 1 heterocycles. The number of carbonyl (C=O) groups is 1. The van der Waals surface area contributed by atoms with Crippen molar-refractivity contribution in [2.24, 2.45) is 0 Å². The van der Waals surface area contributed by atoms with E-state index in [1.54, 1.807) is 0 Å². The van der Waals surface area contributed by atoms with Crippen LogP contribution < -0.4 is 10.6 Å². The van der Waals surface area contributed by atoms with Crippen molar-refractivity contribution in [1.82, 2.24) is 10.2 Å². The molecule has 0 bridgehead atoms. The summed E-state index contributed by atoms with van der Waals surface area (Å²) in [6, 6.07) is 6.61. The highest BCUT2D eigenvalue weighted by molar-refractivity contribution is 5.76. The van der Waals surface area contributed by atoms with Crippen LogP contribution >= 0.6 is 0 Å². The van der Waals surface area contributed by atoms with Gasteiger partial charge in [-0.1, -0.05) is 12.1 Å². The molecule has 0 saturated carbocycles. The second-order valence-electron chi connectivity index (χ2n) is 5.30. The Morgan fingerprint density at radius 3 is 3.00 bits per heavy atom. The fourth-order valence-electron chi connectivity index (χ4n) is 3.00. The summed E-state index contributed by atoms with van der Waals surface area (Å²) in [6.07, 6.45) is 4.99. The van der Waals surface area contributed by atoms with E-state index < -0.39 is 0 Å². The zero-order chi connectivity index (χ0) is 13.1. The van der Waals surface area contributed by atoms with E-state index in [-0.39, 0.29) is 6.03 Å². The lowest BCUT2D eigenvalue weighted by molar-refractivity contribution is 0.219. The first-order valence-electron chi connectivity index (χ1n) is 7.22. The highest BCUT2D eigenvalue weighted by Gasteiger charge is 2.18. The summed E-state index contributed by atoms with van der Waals surface area (Å²) in [4.78, 5) is 13.3. The van der Waals surface area contributed by atoms with Crippen LogP contribution in [-0.2, 0) is 12.8 Å². The van der Waals surface area contributed by atoms with Crippen LogP contribution in [0.25, 0.3) is 0 Å². The number of hydrogen-bond acceptors (Lipinski definition) is 2. The van der Waals surface area contributed by atoms with Crippen molar-refractivity contribution in [1.29, 1.82) is 0 Å². The smallest absolute Gasteiger partial charge is 0.317 e. The molecule has 1 aliphatic carbocycles. The average Bonchev–Trinajstić information content (AvgIpc) is 2.85. The molecule has 3 rings (SSSR count). The number of urea groups is 1. The zero-order valence-electron chi connectivity index (χ0n) is 11.2. The molecular weight excluding hydrogens is 238 g/mol. The standard InChI is InChI=1S/C15H21N3O/c19-15-17-9-11-18(15)10-8-16-14-7-3-5-12-4-1-2-6-13(12)14/h3,5,7,16H,1-2,4,6,8-11H2,(H,17,19). The molecule has 1 aliphatic heterocycles. The Hall–Kier alpha value is -1.71. The van der Waals surface area contributed by atoms with E-state index in [0.29, 0.717) is 0 Å². The van der Waals surface area contributed by atoms with Gasteiger partial charge >= 0.3 is 6.03 Å². The minimum Gasteiger partial charge on any atom is -0.383 e. The van der Waals surface area contributed by atoms with E-state index >= 15 is 0 Å². The van der Waals surface area contributed by atoms with Crippen molar-refractivity contribution in [3.05, 3.63) is 29.3 Å². The fourth-order valence-corrected chi connectivity index (χ4v) is 3.00. The Morgan fingerprint density at radius 2 is 2.16 bits per heavy atom. The van der Waals surface area contributed by atoms with Crippen LogP contribution in [0.2, 0.25) is 0 Å². The third kappa shape index (κ3) is 2.67. The third-order valence-corrected chi connectivity index (χ3v) is 4.04. The highest BCUT2D eigenvalue weighted by atomic mass is 16.2. The van der Waals surface area contributed by atoms with Crippen molar-refractivity contribution < 1.29 is 4.79 Å². The van der Waals surface area contributed by atoms with Gasteiger partial charge in [-0.15, -0.1) is 0 Å². The molecule has 4 nitrogen and oxygen atoms in total. The molecule has 0 aromatic heterocycles. The molecule has 102 valence electrons. The molecule has 4 heteroatoms. The minimum atomic E-state index is 0.0666. The summed E-state index contributed by atoms with van der Waals surface area (Å²) in [7, 11) is 0. The van der Waals surface area contributed by atoms with Gasteiger partial charge in [0, 0.05) is 31.9 Å². The Morgan fingerprint density at radius 1 is 1.26 bits per heavy atom. The Bertz CT molecular complexity index is 472. The summed E-state index contributed by atoms with van der Waals surface area (Å²) < 4.78 is 0. The van der Waals surface area contributed by atoms with Crippen LogP contribution in [0.15, 0.2) is 18.2 Å². The second-order valence-corrected chi connectivity index (χ2v) is 5.30. The number of nitrogens with one attached hydrogen (secondary N) is 2. The molecule has 0 spiro atoms. The lowest BCUT2D eigenvalue weighted by atomic mass is 9.90. The molecule has 19 heavy (non-hydrogen) atoms. The number of amides is 2. The van der Waals surface area contributed by atoms with Crippen LogP contribution in [-0.4, -0.2) is 37.1 Å². The predicted octanol–water partition coefficient (Wildman–Crippen LogP) is 2.00. The van der Waals surface area contributed by atoms with Gasteiger partial charge < -0.3 is 15.5 Å². The molecule has 1 saturated heterocycles. The lowest BCUT2D eigenvalue weighted by Crippen LogP contribution is -2.32. The van der Waals surface area contributed by atoms with Gasteiger partial charge in [-0.3, -0.25) is 0 Å². The number of fused-ring (bicyclic) bond motifs is 1. The van der Waals surface area contributed by atoms with E-state index in [0.717, 1.165) is 26.2 Å². The van der Waals surface area contributed by atoms with Gasteiger partial charge in [-0.05, 0) is 42.9 Å². The van der Waals surface area contributed by atoms with Gasteiger partial charge in [0.05, 0.1) is 0 Å². The predicted molar refractivity (Wildman–Crippen MR) is 76.5 cm³/mol. The van der Waals surface area contributed by atoms with Crippen molar-refractivity contribution in [3.8, 4) is 0 Å². The van der Waals surface area contributed by atoms with E-state index in [4.69, 9.17) is 0 Å². The van der Waals surface area contributed by atoms with E-state index in [2.05, 4.69) is 28.8 Å². The van der Waals surface area contributed by atoms with E-state index in [1.165, 1.54) is 42.5 Å². The van der Waals surface area contributed by atoms with Crippen LogP contribution in [0.3, 0.4) is 0 Å². The van der Waals surface area contributed by atoms with Gasteiger partial charge in [-0.25, -0.2) is 4.79 Å². The van der Waals surface area contributed by atoms with E-state index in [9.17, 15) is 4.79 Å². The van der Waals surface area contributed by atoms with Gasteiger partial charge in [0.1, 0.15) is 0 Å². The molecule has 0 atom stereocenters. The third-order valence-electron chi connectivity index (χ3n) is 4.04. The Labute approximate surface area is 114 Å². The number of aryl methyl sites for hydroxylation is 1. The second kappa shape index (κ2) is 5.51. The highest BCUT2D eigenvalue weighted by Crippen LogP contribution is 2.27. The van der Waals surface area contributed by atoms with Crippen LogP contribution in [0, 0.1) is 0 Å². The number of benzene rings is 1. The van der Waals surface area contributed by atoms with Crippen LogP contribution in [0.5, 0.6) is 0 Å². The van der Waals surface area contributed by atoms with Gasteiger partial charge in [0.15, 0.2) is 0 Å².